The Morgan fingerprint density at radius 1 is 1.75 bits per heavy atom. The summed E-state index contributed by atoms with van der Waals surface area (Å²) in [6, 6.07) is 0.101. The van der Waals surface area contributed by atoms with E-state index in [1.54, 1.807) is 0 Å². The van der Waals surface area contributed by atoms with Crippen LogP contribution in [0.3, 0.4) is 0 Å². The van der Waals surface area contributed by atoms with E-state index in [0.717, 1.165) is 19.4 Å². The van der Waals surface area contributed by atoms with Crippen LogP contribution in [0.5, 0.6) is 0 Å². The lowest BCUT2D eigenvalue weighted by atomic mass is 10.2. The zero-order valence-corrected chi connectivity index (χ0v) is 7.45. The predicted molar refractivity (Wildman–Crippen MR) is 46.7 cm³/mol. The Kier molecular flexibility index (Phi) is 3.60. The molecule has 1 aliphatic heterocycles. The zero-order valence-electron chi connectivity index (χ0n) is 7.45. The molecule has 1 aliphatic rings. The minimum atomic E-state index is 0.0279. The minimum Gasteiger partial charge on any atom is -0.392 e. The second-order valence-electron chi connectivity index (χ2n) is 3.07. The summed E-state index contributed by atoms with van der Waals surface area (Å²) < 4.78 is 5.31. The Morgan fingerprint density at radius 3 is 3.00 bits per heavy atom. The Balaban J connectivity index is 2.20. The van der Waals surface area contributed by atoms with Crippen LogP contribution in [-0.4, -0.2) is 38.0 Å². The van der Waals surface area contributed by atoms with Crippen LogP contribution in [0.15, 0.2) is 0 Å². The summed E-state index contributed by atoms with van der Waals surface area (Å²) in [5.74, 6) is 0.0279. The third-order valence-corrected chi connectivity index (χ3v) is 2.03. The molecule has 0 aromatic rings. The van der Waals surface area contributed by atoms with Crippen LogP contribution in [0.4, 0.5) is 0 Å². The van der Waals surface area contributed by atoms with Crippen molar-refractivity contribution in [3.63, 3.8) is 0 Å². The van der Waals surface area contributed by atoms with E-state index < -0.39 is 0 Å². The number of ether oxygens (including phenoxy) is 1. The van der Waals surface area contributed by atoms with Gasteiger partial charge in [-0.15, -0.1) is 0 Å². The van der Waals surface area contributed by atoms with Gasteiger partial charge >= 0.3 is 0 Å². The summed E-state index contributed by atoms with van der Waals surface area (Å²) in [5, 5.41) is 0. The number of carbonyl (C=O) groups is 1. The molecule has 0 aromatic heterocycles. The van der Waals surface area contributed by atoms with Gasteiger partial charge in [0.1, 0.15) is 0 Å². The first kappa shape index (κ1) is 9.58. The Labute approximate surface area is 74.5 Å². The summed E-state index contributed by atoms with van der Waals surface area (Å²) in [7, 11) is 5.51. The first-order valence-electron chi connectivity index (χ1n) is 4.40. The molecule has 0 unspecified atom stereocenters. The summed E-state index contributed by atoms with van der Waals surface area (Å²) in [5.41, 5.74) is 0. The lowest BCUT2D eigenvalue weighted by Gasteiger charge is -2.19. The molecule has 2 radical (unpaired) electrons. The number of rotatable bonds is 4. The van der Waals surface area contributed by atoms with Crippen LogP contribution in [0.2, 0.25) is 0 Å². The molecule has 0 aromatic carbocycles. The lowest BCUT2D eigenvalue weighted by Crippen LogP contribution is -2.33. The molecule has 0 bridgehead atoms. The summed E-state index contributed by atoms with van der Waals surface area (Å²) in [4.78, 5) is 12.3. The zero-order chi connectivity index (χ0) is 8.97. The highest BCUT2D eigenvalue weighted by Crippen LogP contribution is 2.15. The van der Waals surface area contributed by atoms with E-state index in [1.165, 1.54) is 4.81 Å². The molecule has 1 saturated heterocycles. The standard InChI is InChI=1S/C8H14BNO2/c1-2-5-12-6-7-3-4-8(11)10(7)9/h7H,2-6H2,1H3/t7-/m0/s1. The maximum absolute atomic E-state index is 11.0. The van der Waals surface area contributed by atoms with Gasteiger partial charge in [-0.05, 0) is 12.8 Å². The topological polar surface area (TPSA) is 29.5 Å². The molecule has 3 nitrogen and oxygen atoms in total. The van der Waals surface area contributed by atoms with Gasteiger partial charge in [0.25, 0.3) is 0 Å². The van der Waals surface area contributed by atoms with Crippen molar-refractivity contribution in [2.45, 2.75) is 32.2 Å². The summed E-state index contributed by atoms with van der Waals surface area (Å²) in [6.07, 6.45) is 2.40. The van der Waals surface area contributed by atoms with E-state index in [0.29, 0.717) is 13.0 Å². The van der Waals surface area contributed by atoms with Gasteiger partial charge in [0.2, 0.25) is 13.9 Å². The highest BCUT2D eigenvalue weighted by molar-refractivity contribution is 6.15. The van der Waals surface area contributed by atoms with Crippen molar-refractivity contribution >= 4 is 13.9 Å². The maximum atomic E-state index is 11.0. The molecule has 0 N–H and O–H groups in total. The average molecular weight is 167 g/mol. The summed E-state index contributed by atoms with van der Waals surface area (Å²) in [6.45, 7) is 3.38. The van der Waals surface area contributed by atoms with E-state index in [1.807, 2.05) is 0 Å². The average Bonchev–Trinajstić information content (AvgIpc) is 2.36. The molecule has 0 aliphatic carbocycles. The highest BCUT2D eigenvalue weighted by Gasteiger charge is 2.26. The van der Waals surface area contributed by atoms with Crippen molar-refractivity contribution in [1.82, 2.24) is 4.81 Å². The van der Waals surface area contributed by atoms with Crippen LogP contribution in [-0.2, 0) is 9.53 Å². The van der Waals surface area contributed by atoms with Crippen LogP contribution in [0.25, 0.3) is 0 Å². The largest absolute Gasteiger partial charge is 0.392 e. The Bertz CT molecular complexity index is 163. The van der Waals surface area contributed by atoms with Crippen LogP contribution < -0.4 is 0 Å². The van der Waals surface area contributed by atoms with E-state index in [9.17, 15) is 4.79 Å². The predicted octanol–water partition coefficient (Wildman–Crippen LogP) is 0.487. The lowest BCUT2D eigenvalue weighted by molar-refractivity contribution is -0.125. The van der Waals surface area contributed by atoms with Gasteiger partial charge in [0, 0.05) is 19.1 Å². The third kappa shape index (κ3) is 2.24. The van der Waals surface area contributed by atoms with Gasteiger partial charge < -0.3 is 9.55 Å². The molecule has 0 saturated carbocycles. The van der Waals surface area contributed by atoms with Crippen LogP contribution in [0.1, 0.15) is 26.2 Å². The van der Waals surface area contributed by atoms with Crippen LogP contribution >= 0.6 is 0 Å². The van der Waals surface area contributed by atoms with Gasteiger partial charge in [0.15, 0.2) is 0 Å². The van der Waals surface area contributed by atoms with Gasteiger partial charge in [-0.3, -0.25) is 4.79 Å². The molecule has 1 rings (SSSR count). The van der Waals surface area contributed by atoms with Crippen molar-refractivity contribution < 1.29 is 9.53 Å². The molecule has 0 spiro atoms. The fraction of sp³-hybridized carbons (Fsp3) is 0.875. The number of nitrogens with zero attached hydrogens (tertiary/aromatic N) is 1. The van der Waals surface area contributed by atoms with Crippen molar-refractivity contribution in [2.24, 2.45) is 0 Å². The SMILES string of the molecule is [B]N1C(=O)CC[C@H]1COCCC. The van der Waals surface area contributed by atoms with Gasteiger partial charge in [-0.2, -0.15) is 0 Å². The van der Waals surface area contributed by atoms with Crippen LogP contribution in [0, 0.1) is 0 Å². The van der Waals surface area contributed by atoms with E-state index in [2.05, 4.69) is 6.92 Å². The number of hydrogen-bond acceptors (Lipinski definition) is 2. The highest BCUT2D eigenvalue weighted by atomic mass is 16.5. The molecule has 66 valence electrons. The van der Waals surface area contributed by atoms with E-state index >= 15 is 0 Å². The molecule has 1 heterocycles. The fourth-order valence-electron chi connectivity index (χ4n) is 1.29. The Morgan fingerprint density at radius 2 is 2.50 bits per heavy atom. The molecular formula is C8H14BNO2. The van der Waals surface area contributed by atoms with Gasteiger partial charge in [-0.25, -0.2) is 0 Å². The molecule has 1 fully saturated rings. The first-order chi connectivity index (χ1) is 5.75. The summed E-state index contributed by atoms with van der Waals surface area (Å²) >= 11 is 0. The number of carbonyl (C=O) groups excluding carboxylic acids is 1. The molecule has 1 atom stereocenters. The van der Waals surface area contributed by atoms with Gasteiger partial charge in [0.05, 0.1) is 6.61 Å². The van der Waals surface area contributed by atoms with Crippen molar-refractivity contribution in [1.29, 1.82) is 0 Å². The third-order valence-electron chi connectivity index (χ3n) is 2.03. The second kappa shape index (κ2) is 4.50. The molecule has 4 heteroatoms. The molecular weight excluding hydrogens is 153 g/mol. The number of hydrogen-bond donors (Lipinski definition) is 0. The maximum Gasteiger partial charge on any atom is 0.230 e. The monoisotopic (exact) mass is 167 g/mol. The van der Waals surface area contributed by atoms with E-state index in [-0.39, 0.29) is 11.9 Å². The second-order valence-corrected chi connectivity index (χ2v) is 3.07. The smallest absolute Gasteiger partial charge is 0.230 e. The minimum absolute atomic E-state index is 0.0279. The van der Waals surface area contributed by atoms with E-state index in [4.69, 9.17) is 12.7 Å². The van der Waals surface area contributed by atoms with Gasteiger partial charge in [-0.1, -0.05) is 6.92 Å². The molecule has 1 amide bonds. The van der Waals surface area contributed by atoms with Crippen molar-refractivity contribution in [3.05, 3.63) is 0 Å². The Hall–Kier alpha value is -0.505. The van der Waals surface area contributed by atoms with Crippen molar-refractivity contribution in [2.75, 3.05) is 13.2 Å². The normalized spacial score (nSPS) is 23.6. The van der Waals surface area contributed by atoms with Crippen molar-refractivity contribution in [3.8, 4) is 0 Å². The fourth-order valence-corrected chi connectivity index (χ4v) is 1.29. The number of amides is 1. The molecule has 12 heavy (non-hydrogen) atoms. The first-order valence-corrected chi connectivity index (χ1v) is 4.40. The quantitative estimate of drug-likeness (QED) is 0.450.